The van der Waals surface area contributed by atoms with Crippen molar-refractivity contribution in [2.24, 2.45) is 11.7 Å². The predicted octanol–water partition coefficient (Wildman–Crippen LogP) is 5.90. The number of rotatable bonds is 11. The Kier molecular flexibility index (Phi) is 14.8. The molecule has 112 valence electrons. The first kappa shape index (κ1) is 21.0. The first-order valence-electron chi connectivity index (χ1n) is 7.93. The van der Waals surface area contributed by atoms with E-state index >= 15 is 0 Å². The van der Waals surface area contributed by atoms with Crippen LogP contribution in [0.5, 0.6) is 0 Å². The molecule has 0 aromatic heterocycles. The molecule has 0 aromatic rings. The van der Waals surface area contributed by atoms with Crippen molar-refractivity contribution in [3.8, 4) is 0 Å². The predicted molar refractivity (Wildman–Crippen MR) is 94.7 cm³/mol. The van der Waals surface area contributed by atoms with E-state index in [1.807, 2.05) is 0 Å². The molecule has 18 heavy (non-hydrogen) atoms. The normalized spacial score (nSPS) is 13.2. The molecular formula is C16H36IN. The molecule has 0 aromatic carbocycles. The summed E-state index contributed by atoms with van der Waals surface area (Å²) in [5, 5.41) is 0. The summed E-state index contributed by atoms with van der Waals surface area (Å²) in [7, 11) is 0. The molecule has 1 unspecified atom stereocenters. The SMILES string of the molecule is CCCCC(CC)C(N)(CCCC)CCCC.I. The van der Waals surface area contributed by atoms with Crippen LogP contribution in [0.1, 0.15) is 91.9 Å². The standard InChI is InChI=1S/C16H35N.HI/c1-5-9-12-15(8-4)16(17,13-10-6-2)14-11-7-3;/h15H,5-14,17H2,1-4H3;1H. The number of halogens is 1. The van der Waals surface area contributed by atoms with Crippen LogP contribution in [-0.4, -0.2) is 5.54 Å². The highest BCUT2D eigenvalue weighted by Crippen LogP contribution is 2.32. The molecule has 0 aliphatic carbocycles. The van der Waals surface area contributed by atoms with Gasteiger partial charge in [-0.25, -0.2) is 0 Å². The Balaban J connectivity index is 0. The molecule has 0 rings (SSSR count). The van der Waals surface area contributed by atoms with Crippen LogP contribution in [0.4, 0.5) is 0 Å². The lowest BCUT2D eigenvalue weighted by molar-refractivity contribution is 0.202. The van der Waals surface area contributed by atoms with Crippen LogP contribution >= 0.6 is 24.0 Å². The molecule has 0 bridgehead atoms. The Bertz CT molecular complexity index is 162. The van der Waals surface area contributed by atoms with Crippen molar-refractivity contribution in [3.63, 3.8) is 0 Å². The van der Waals surface area contributed by atoms with E-state index in [-0.39, 0.29) is 29.5 Å². The third-order valence-electron chi connectivity index (χ3n) is 4.20. The smallest absolute Gasteiger partial charge is 0.0182 e. The van der Waals surface area contributed by atoms with Gasteiger partial charge >= 0.3 is 0 Å². The monoisotopic (exact) mass is 369 g/mol. The van der Waals surface area contributed by atoms with Crippen LogP contribution < -0.4 is 5.73 Å². The van der Waals surface area contributed by atoms with Crippen LogP contribution in [0.2, 0.25) is 0 Å². The van der Waals surface area contributed by atoms with Gasteiger partial charge in [0.1, 0.15) is 0 Å². The Morgan fingerprint density at radius 1 is 0.833 bits per heavy atom. The number of hydrogen-bond donors (Lipinski definition) is 1. The van der Waals surface area contributed by atoms with Crippen molar-refractivity contribution < 1.29 is 0 Å². The van der Waals surface area contributed by atoms with E-state index in [9.17, 15) is 0 Å². The topological polar surface area (TPSA) is 26.0 Å². The molecule has 2 heteroatoms. The third kappa shape index (κ3) is 7.98. The van der Waals surface area contributed by atoms with Crippen LogP contribution in [0.15, 0.2) is 0 Å². The van der Waals surface area contributed by atoms with Gasteiger partial charge in [-0.05, 0) is 25.2 Å². The summed E-state index contributed by atoms with van der Waals surface area (Å²) in [6.45, 7) is 9.14. The van der Waals surface area contributed by atoms with Gasteiger partial charge in [0.05, 0.1) is 0 Å². The van der Waals surface area contributed by atoms with Gasteiger partial charge in [-0.3, -0.25) is 0 Å². The van der Waals surface area contributed by atoms with Crippen LogP contribution in [0.3, 0.4) is 0 Å². The summed E-state index contributed by atoms with van der Waals surface area (Å²) < 4.78 is 0. The zero-order valence-electron chi connectivity index (χ0n) is 13.1. The Morgan fingerprint density at radius 2 is 1.28 bits per heavy atom. The van der Waals surface area contributed by atoms with Gasteiger partial charge in [0.15, 0.2) is 0 Å². The van der Waals surface area contributed by atoms with Gasteiger partial charge in [0.25, 0.3) is 0 Å². The highest BCUT2D eigenvalue weighted by Gasteiger charge is 2.31. The first-order chi connectivity index (χ1) is 8.14. The second-order valence-electron chi connectivity index (χ2n) is 5.69. The van der Waals surface area contributed by atoms with E-state index in [1.165, 1.54) is 64.2 Å². The lowest BCUT2D eigenvalue weighted by Crippen LogP contribution is -2.47. The summed E-state index contributed by atoms with van der Waals surface area (Å²) in [5.41, 5.74) is 6.89. The fourth-order valence-electron chi connectivity index (χ4n) is 2.89. The maximum Gasteiger partial charge on any atom is 0.0182 e. The van der Waals surface area contributed by atoms with Crippen molar-refractivity contribution in [3.05, 3.63) is 0 Å². The van der Waals surface area contributed by atoms with Gasteiger partial charge in [-0.15, -0.1) is 24.0 Å². The van der Waals surface area contributed by atoms with Crippen molar-refractivity contribution in [2.75, 3.05) is 0 Å². The molecular weight excluding hydrogens is 333 g/mol. The van der Waals surface area contributed by atoms with Crippen molar-refractivity contribution in [1.82, 2.24) is 0 Å². The summed E-state index contributed by atoms with van der Waals surface area (Å²) in [6, 6.07) is 0. The minimum absolute atomic E-state index is 0. The molecule has 1 atom stereocenters. The lowest BCUT2D eigenvalue weighted by atomic mass is 9.73. The maximum atomic E-state index is 6.77. The molecule has 0 spiro atoms. The second kappa shape index (κ2) is 12.7. The fraction of sp³-hybridized carbons (Fsp3) is 1.00. The molecule has 1 nitrogen and oxygen atoms in total. The molecule has 0 aliphatic heterocycles. The second-order valence-corrected chi connectivity index (χ2v) is 5.69. The van der Waals surface area contributed by atoms with E-state index in [0.29, 0.717) is 0 Å². The number of nitrogens with two attached hydrogens (primary N) is 1. The Morgan fingerprint density at radius 3 is 1.61 bits per heavy atom. The average molecular weight is 369 g/mol. The molecule has 0 fully saturated rings. The molecule has 0 aliphatic rings. The number of hydrogen-bond acceptors (Lipinski definition) is 1. The molecule has 2 N–H and O–H groups in total. The van der Waals surface area contributed by atoms with E-state index in [2.05, 4.69) is 27.7 Å². The summed E-state index contributed by atoms with van der Waals surface area (Å²) >= 11 is 0. The summed E-state index contributed by atoms with van der Waals surface area (Å²) in [5.74, 6) is 0.737. The Labute approximate surface area is 133 Å². The molecule has 0 amide bonds. The van der Waals surface area contributed by atoms with Gasteiger partial charge in [0.2, 0.25) is 0 Å². The largest absolute Gasteiger partial charge is 0.325 e. The summed E-state index contributed by atoms with van der Waals surface area (Å²) in [4.78, 5) is 0. The van der Waals surface area contributed by atoms with E-state index < -0.39 is 0 Å². The Hall–Kier alpha value is 0.690. The van der Waals surface area contributed by atoms with Crippen molar-refractivity contribution in [1.29, 1.82) is 0 Å². The minimum Gasteiger partial charge on any atom is -0.325 e. The van der Waals surface area contributed by atoms with E-state index in [4.69, 9.17) is 5.73 Å². The van der Waals surface area contributed by atoms with Crippen molar-refractivity contribution in [2.45, 2.75) is 97.4 Å². The molecule has 0 radical (unpaired) electrons. The molecule has 0 saturated carbocycles. The first-order valence-corrected chi connectivity index (χ1v) is 7.93. The number of unbranched alkanes of at least 4 members (excludes halogenated alkanes) is 3. The zero-order valence-corrected chi connectivity index (χ0v) is 15.5. The van der Waals surface area contributed by atoms with Gasteiger partial charge in [0, 0.05) is 5.54 Å². The van der Waals surface area contributed by atoms with Gasteiger partial charge in [-0.1, -0.05) is 72.6 Å². The van der Waals surface area contributed by atoms with Gasteiger partial charge < -0.3 is 5.73 Å². The third-order valence-corrected chi connectivity index (χ3v) is 4.20. The van der Waals surface area contributed by atoms with Crippen LogP contribution in [0.25, 0.3) is 0 Å². The van der Waals surface area contributed by atoms with Gasteiger partial charge in [-0.2, -0.15) is 0 Å². The maximum absolute atomic E-state index is 6.77. The quantitative estimate of drug-likeness (QED) is 0.451. The van der Waals surface area contributed by atoms with Crippen LogP contribution in [-0.2, 0) is 0 Å². The minimum atomic E-state index is 0. The fourth-order valence-corrected chi connectivity index (χ4v) is 2.89. The zero-order chi connectivity index (χ0) is 13.1. The highest BCUT2D eigenvalue weighted by molar-refractivity contribution is 14.0. The van der Waals surface area contributed by atoms with Crippen LogP contribution in [0, 0.1) is 5.92 Å². The lowest BCUT2D eigenvalue weighted by Gasteiger charge is -2.38. The molecule has 0 saturated heterocycles. The summed E-state index contributed by atoms with van der Waals surface area (Å²) in [6.07, 6.45) is 12.8. The van der Waals surface area contributed by atoms with Crippen molar-refractivity contribution >= 4 is 24.0 Å². The average Bonchev–Trinajstić information content (AvgIpc) is 2.35. The molecule has 0 heterocycles. The van der Waals surface area contributed by atoms with E-state index in [0.717, 1.165) is 5.92 Å². The highest BCUT2D eigenvalue weighted by atomic mass is 127. The van der Waals surface area contributed by atoms with E-state index in [1.54, 1.807) is 0 Å².